The smallest absolute Gasteiger partial charge is 0.306 e. The number of rotatable bonds is 11. The molecule has 1 N–H and O–H groups in total. The van der Waals surface area contributed by atoms with Gasteiger partial charge in [0.2, 0.25) is 10.0 Å². The van der Waals surface area contributed by atoms with Crippen LogP contribution in [0.25, 0.3) is 0 Å². The summed E-state index contributed by atoms with van der Waals surface area (Å²) in [6.45, 7) is 5.45. The molecule has 0 atom stereocenters. The lowest BCUT2D eigenvalue weighted by Gasteiger charge is -2.18. The van der Waals surface area contributed by atoms with Crippen molar-refractivity contribution in [1.82, 2.24) is 4.31 Å². The quantitative estimate of drug-likeness (QED) is 0.298. The van der Waals surface area contributed by atoms with Gasteiger partial charge in [0.15, 0.2) is 6.61 Å². The van der Waals surface area contributed by atoms with E-state index in [4.69, 9.17) is 4.74 Å². The molecule has 0 aromatic heterocycles. The largest absolute Gasteiger partial charge is 0.456 e. The van der Waals surface area contributed by atoms with Crippen LogP contribution in [0.5, 0.6) is 0 Å². The summed E-state index contributed by atoms with van der Waals surface area (Å²) >= 11 is 0. The molecule has 178 valence electrons. The maximum Gasteiger partial charge on any atom is 0.306 e. The van der Waals surface area contributed by atoms with Gasteiger partial charge in [-0.2, -0.15) is 4.31 Å². The predicted octanol–water partition coefficient (Wildman–Crippen LogP) is 3.05. The summed E-state index contributed by atoms with van der Waals surface area (Å²) in [5, 5.41) is 13.4. The third-order valence-corrected chi connectivity index (χ3v) is 7.02. The van der Waals surface area contributed by atoms with Crippen LogP contribution in [0.1, 0.15) is 31.4 Å². The number of nitrogens with zero attached hydrogens (tertiary/aromatic N) is 2. The van der Waals surface area contributed by atoms with Gasteiger partial charge in [0.05, 0.1) is 15.5 Å². The minimum Gasteiger partial charge on any atom is -0.456 e. The number of hydrogen-bond acceptors (Lipinski definition) is 7. The third kappa shape index (κ3) is 7.09. The first kappa shape index (κ1) is 25.9. The fraction of sp³-hybridized carbons (Fsp3) is 0.364. The molecule has 0 radical (unpaired) electrons. The number of non-ortho nitro benzene ring substituents is 1. The summed E-state index contributed by atoms with van der Waals surface area (Å²) in [6, 6.07) is 10.4. The molecule has 11 heteroatoms. The van der Waals surface area contributed by atoms with Crippen LogP contribution in [0, 0.1) is 17.0 Å². The number of aryl methyl sites for hydroxylation is 2. The maximum atomic E-state index is 12.5. The molecule has 2 rings (SSSR count). The van der Waals surface area contributed by atoms with E-state index in [2.05, 4.69) is 5.32 Å². The first-order valence-corrected chi connectivity index (χ1v) is 11.8. The second-order valence-corrected chi connectivity index (χ2v) is 9.14. The molecule has 0 aliphatic heterocycles. The van der Waals surface area contributed by atoms with Crippen LogP contribution in [-0.2, 0) is 30.8 Å². The number of esters is 1. The number of carbonyl (C=O) groups is 2. The van der Waals surface area contributed by atoms with Crippen LogP contribution in [0.15, 0.2) is 47.4 Å². The average molecular weight is 478 g/mol. The lowest BCUT2D eigenvalue weighted by molar-refractivity contribution is -0.384. The van der Waals surface area contributed by atoms with Crippen LogP contribution < -0.4 is 5.32 Å². The Kier molecular flexibility index (Phi) is 9.06. The number of anilines is 1. The SMILES string of the molecule is CCN(CC)S(=O)(=O)c1ccc(CCC(=O)OCC(=O)Nc2cc([N+](=O)[O-])ccc2C)cc1. The van der Waals surface area contributed by atoms with E-state index < -0.39 is 33.4 Å². The van der Waals surface area contributed by atoms with Gasteiger partial charge >= 0.3 is 5.97 Å². The van der Waals surface area contributed by atoms with Crippen molar-refractivity contribution >= 4 is 33.3 Å². The number of hydrogen-bond donors (Lipinski definition) is 1. The predicted molar refractivity (Wildman–Crippen MR) is 122 cm³/mol. The zero-order chi connectivity index (χ0) is 24.6. The summed E-state index contributed by atoms with van der Waals surface area (Å²) in [7, 11) is -3.54. The molecular formula is C22H27N3O7S. The topological polar surface area (TPSA) is 136 Å². The molecular weight excluding hydrogens is 450 g/mol. The molecule has 0 unspecified atom stereocenters. The number of sulfonamides is 1. The number of nitro benzene ring substituents is 1. The van der Waals surface area contributed by atoms with Crippen molar-refractivity contribution in [3.63, 3.8) is 0 Å². The summed E-state index contributed by atoms with van der Waals surface area (Å²) in [5.41, 5.74) is 1.49. The molecule has 33 heavy (non-hydrogen) atoms. The minimum atomic E-state index is -3.54. The highest BCUT2D eigenvalue weighted by Crippen LogP contribution is 2.22. The lowest BCUT2D eigenvalue weighted by atomic mass is 10.1. The van der Waals surface area contributed by atoms with E-state index in [1.807, 2.05) is 0 Å². The van der Waals surface area contributed by atoms with Gasteiger partial charge in [-0.1, -0.05) is 32.0 Å². The Balaban J connectivity index is 1.85. The Morgan fingerprint density at radius 2 is 1.73 bits per heavy atom. The van der Waals surface area contributed by atoms with Crippen LogP contribution in [0.3, 0.4) is 0 Å². The summed E-state index contributed by atoms with van der Waals surface area (Å²) < 4.78 is 31.3. The molecule has 0 aliphatic carbocycles. The molecule has 2 aromatic rings. The fourth-order valence-corrected chi connectivity index (χ4v) is 4.51. The van der Waals surface area contributed by atoms with Crippen molar-refractivity contribution in [3.05, 3.63) is 63.7 Å². The minimum absolute atomic E-state index is 0.00522. The number of benzene rings is 2. The van der Waals surface area contributed by atoms with E-state index in [1.54, 1.807) is 32.9 Å². The Morgan fingerprint density at radius 3 is 2.30 bits per heavy atom. The molecule has 10 nitrogen and oxygen atoms in total. The van der Waals surface area contributed by atoms with Gasteiger partial charge in [-0.3, -0.25) is 19.7 Å². The van der Waals surface area contributed by atoms with Crippen LogP contribution in [-0.4, -0.2) is 49.2 Å². The first-order chi connectivity index (χ1) is 15.6. The number of amides is 1. The number of nitro groups is 1. The van der Waals surface area contributed by atoms with Gasteiger partial charge in [-0.05, 0) is 36.6 Å². The molecule has 0 heterocycles. The van der Waals surface area contributed by atoms with E-state index >= 15 is 0 Å². The molecule has 0 saturated heterocycles. The van der Waals surface area contributed by atoms with E-state index in [-0.39, 0.29) is 22.7 Å². The zero-order valence-corrected chi connectivity index (χ0v) is 19.6. The second kappa shape index (κ2) is 11.5. The van der Waals surface area contributed by atoms with Gasteiger partial charge < -0.3 is 10.1 Å². The molecule has 0 fully saturated rings. The maximum absolute atomic E-state index is 12.5. The van der Waals surface area contributed by atoms with Crippen molar-refractivity contribution in [1.29, 1.82) is 0 Å². The van der Waals surface area contributed by atoms with E-state index in [9.17, 15) is 28.1 Å². The number of nitrogens with one attached hydrogen (secondary N) is 1. The van der Waals surface area contributed by atoms with Crippen molar-refractivity contribution < 1.29 is 27.7 Å². The van der Waals surface area contributed by atoms with Crippen molar-refractivity contribution in [2.24, 2.45) is 0 Å². The Hall–Kier alpha value is -3.31. The van der Waals surface area contributed by atoms with Gasteiger partial charge in [0.1, 0.15) is 0 Å². The number of carbonyl (C=O) groups excluding carboxylic acids is 2. The highest BCUT2D eigenvalue weighted by Gasteiger charge is 2.21. The highest BCUT2D eigenvalue weighted by molar-refractivity contribution is 7.89. The molecule has 0 aliphatic rings. The molecule has 0 saturated carbocycles. The highest BCUT2D eigenvalue weighted by atomic mass is 32.2. The Bertz CT molecular complexity index is 1110. The van der Waals surface area contributed by atoms with Crippen LogP contribution in [0.4, 0.5) is 11.4 Å². The lowest BCUT2D eigenvalue weighted by Crippen LogP contribution is -2.30. The van der Waals surface area contributed by atoms with Crippen molar-refractivity contribution in [3.8, 4) is 0 Å². The van der Waals surface area contributed by atoms with Crippen molar-refractivity contribution in [2.75, 3.05) is 25.0 Å². The third-order valence-electron chi connectivity index (χ3n) is 4.95. The van der Waals surface area contributed by atoms with Gasteiger partial charge in [0.25, 0.3) is 11.6 Å². The summed E-state index contributed by atoms with van der Waals surface area (Å²) in [4.78, 5) is 34.5. The summed E-state index contributed by atoms with van der Waals surface area (Å²) in [6.07, 6.45) is 0.321. The normalized spacial score (nSPS) is 11.3. The van der Waals surface area contributed by atoms with Crippen LogP contribution in [0.2, 0.25) is 0 Å². The van der Waals surface area contributed by atoms with E-state index in [0.29, 0.717) is 25.1 Å². The molecule has 0 spiro atoms. The Labute approximate surface area is 192 Å². The Morgan fingerprint density at radius 1 is 1.09 bits per heavy atom. The van der Waals surface area contributed by atoms with E-state index in [1.165, 1.54) is 34.6 Å². The van der Waals surface area contributed by atoms with Gasteiger partial charge in [0, 0.05) is 31.6 Å². The first-order valence-electron chi connectivity index (χ1n) is 10.4. The van der Waals surface area contributed by atoms with Crippen LogP contribution >= 0.6 is 0 Å². The standard InChI is InChI=1S/C22H27N3O7S/c1-4-24(5-2)33(30,31)19-11-7-17(8-12-19)9-13-22(27)32-15-21(26)23-20-14-18(25(28)29)10-6-16(20)3/h6-8,10-12,14H,4-5,9,13,15H2,1-3H3,(H,23,26). The molecule has 1 amide bonds. The fourth-order valence-electron chi connectivity index (χ4n) is 3.05. The molecule has 2 aromatic carbocycles. The summed E-state index contributed by atoms with van der Waals surface area (Å²) in [5.74, 6) is -1.21. The van der Waals surface area contributed by atoms with Gasteiger partial charge in [-0.15, -0.1) is 0 Å². The second-order valence-electron chi connectivity index (χ2n) is 7.20. The van der Waals surface area contributed by atoms with E-state index in [0.717, 1.165) is 5.56 Å². The monoisotopic (exact) mass is 477 g/mol. The number of ether oxygens (including phenoxy) is 1. The molecule has 0 bridgehead atoms. The van der Waals surface area contributed by atoms with Gasteiger partial charge in [-0.25, -0.2) is 8.42 Å². The van der Waals surface area contributed by atoms with Crippen molar-refractivity contribution in [2.45, 2.75) is 38.5 Å². The average Bonchev–Trinajstić information content (AvgIpc) is 2.78. The zero-order valence-electron chi connectivity index (χ0n) is 18.7.